The molecule has 42 heavy (non-hydrogen) atoms. The molecule has 224 valence electrons. The molecule has 0 unspecified atom stereocenters. The molecule has 2 fully saturated rings. The highest BCUT2D eigenvalue weighted by molar-refractivity contribution is 6.06. The van der Waals surface area contributed by atoms with E-state index in [9.17, 15) is 22.4 Å². The number of nitrogens with one attached hydrogen (secondary N) is 1. The van der Waals surface area contributed by atoms with Crippen LogP contribution in [0, 0.1) is 29.2 Å². The molecule has 2 aliphatic rings. The van der Waals surface area contributed by atoms with Crippen molar-refractivity contribution in [3.05, 3.63) is 71.6 Å². The van der Waals surface area contributed by atoms with Gasteiger partial charge in [-0.25, -0.2) is 17.6 Å². The fourth-order valence-corrected chi connectivity index (χ4v) is 5.28. The van der Waals surface area contributed by atoms with Crippen LogP contribution in [0.25, 0.3) is 11.1 Å². The van der Waals surface area contributed by atoms with Crippen LogP contribution >= 0.6 is 0 Å². The molecule has 5 rings (SSSR count). The van der Waals surface area contributed by atoms with Crippen LogP contribution in [-0.4, -0.2) is 62.5 Å². The summed E-state index contributed by atoms with van der Waals surface area (Å²) in [4.78, 5) is 20.0. The van der Waals surface area contributed by atoms with Crippen molar-refractivity contribution in [1.29, 1.82) is 0 Å². The number of ether oxygens (including phenoxy) is 1. The highest BCUT2D eigenvalue weighted by atomic mass is 19.4. The van der Waals surface area contributed by atoms with Crippen molar-refractivity contribution in [2.75, 3.05) is 54.5 Å². The van der Waals surface area contributed by atoms with Crippen molar-refractivity contribution in [1.82, 2.24) is 4.98 Å². The molecule has 2 aliphatic heterocycles. The summed E-state index contributed by atoms with van der Waals surface area (Å²) in [6.07, 6.45) is -2.30. The number of aromatic nitrogens is 1. The zero-order valence-electron chi connectivity index (χ0n) is 22.0. The molecule has 0 bridgehead atoms. The van der Waals surface area contributed by atoms with E-state index >= 15 is 13.2 Å². The molecule has 0 radical (unpaired) electrons. The van der Waals surface area contributed by atoms with Crippen LogP contribution in [0.3, 0.4) is 0 Å². The van der Waals surface area contributed by atoms with Crippen LogP contribution < -0.4 is 20.9 Å². The van der Waals surface area contributed by atoms with Crippen LogP contribution in [0.5, 0.6) is 0 Å². The van der Waals surface area contributed by atoms with Gasteiger partial charge in [-0.3, -0.25) is 9.78 Å². The largest absolute Gasteiger partial charge is 0.393 e. The number of nitrogens with two attached hydrogens (primary N) is 1. The minimum absolute atomic E-state index is 0.0491. The molecule has 0 spiro atoms. The molecule has 3 aromatic rings. The van der Waals surface area contributed by atoms with Gasteiger partial charge in [0.15, 0.2) is 0 Å². The number of piperidine rings is 1. The maximum absolute atomic E-state index is 15.6. The van der Waals surface area contributed by atoms with Crippen LogP contribution in [-0.2, 0) is 4.74 Å². The van der Waals surface area contributed by atoms with Gasteiger partial charge in [-0.2, -0.15) is 13.2 Å². The molecular formula is C28H26F7N5O2. The molecule has 2 saturated heterocycles. The Hall–Kier alpha value is -3.91. The maximum Gasteiger partial charge on any atom is 0.393 e. The van der Waals surface area contributed by atoms with Crippen LogP contribution in [0.15, 0.2) is 42.7 Å². The van der Waals surface area contributed by atoms with Gasteiger partial charge in [0.25, 0.3) is 5.91 Å². The number of anilines is 3. The Morgan fingerprint density at radius 3 is 2.31 bits per heavy atom. The van der Waals surface area contributed by atoms with Crippen molar-refractivity contribution in [2.45, 2.75) is 18.6 Å². The molecule has 2 atom stereocenters. The van der Waals surface area contributed by atoms with Crippen molar-refractivity contribution in [2.24, 2.45) is 11.7 Å². The molecule has 3 heterocycles. The summed E-state index contributed by atoms with van der Waals surface area (Å²) in [6.45, 7) is 1.04. The normalized spacial score (nSPS) is 19.6. The highest BCUT2D eigenvalue weighted by Gasteiger charge is 2.44. The first-order valence-electron chi connectivity index (χ1n) is 13.1. The molecule has 2 aromatic carbocycles. The molecule has 7 nitrogen and oxygen atoms in total. The number of hydrogen-bond donors (Lipinski definition) is 2. The first kappa shape index (κ1) is 29.6. The predicted molar refractivity (Wildman–Crippen MR) is 141 cm³/mol. The number of pyridine rings is 1. The Kier molecular flexibility index (Phi) is 8.28. The zero-order chi connectivity index (χ0) is 30.2. The van der Waals surface area contributed by atoms with E-state index in [0.717, 1.165) is 24.4 Å². The fourth-order valence-electron chi connectivity index (χ4n) is 5.28. The monoisotopic (exact) mass is 597 g/mol. The third-order valence-electron chi connectivity index (χ3n) is 7.32. The van der Waals surface area contributed by atoms with E-state index in [1.54, 1.807) is 4.90 Å². The van der Waals surface area contributed by atoms with Gasteiger partial charge >= 0.3 is 6.18 Å². The summed E-state index contributed by atoms with van der Waals surface area (Å²) in [6, 6.07) is 3.97. The minimum Gasteiger partial charge on any atom is -0.378 e. The molecule has 1 amide bonds. The number of nitrogens with zero attached hydrogens (tertiary/aromatic N) is 3. The van der Waals surface area contributed by atoms with Gasteiger partial charge in [0.2, 0.25) is 0 Å². The van der Waals surface area contributed by atoms with Gasteiger partial charge in [0.1, 0.15) is 23.3 Å². The molecule has 0 saturated carbocycles. The number of halogens is 7. The van der Waals surface area contributed by atoms with Crippen LogP contribution in [0.4, 0.5) is 47.8 Å². The van der Waals surface area contributed by atoms with Crippen molar-refractivity contribution >= 4 is 23.0 Å². The lowest BCUT2D eigenvalue weighted by molar-refractivity contribution is -0.177. The summed E-state index contributed by atoms with van der Waals surface area (Å²) in [5, 5.41) is 2.38. The van der Waals surface area contributed by atoms with Crippen molar-refractivity contribution in [3.63, 3.8) is 0 Å². The van der Waals surface area contributed by atoms with Gasteiger partial charge in [-0.15, -0.1) is 0 Å². The first-order valence-corrected chi connectivity index (χ1v) is 13.1. The SMILES string of the molecule is N[C@H]1C[C@@H](C(F)(F)F)CN(c2ccncc2NC(=O)c2ccc(F)c(-c3c(F)cc(N4CCOCC4)cc3F)c2F)C1. The van der Waals surface area contributed by atoms with Crippen molar-refractivity contribution < 1.29 is 40.3 Å². The number of amides is 1. The maximum atomic E-state index is 15.6. The van der Waals surface area contributed by atoms with Crippen LogP contribution in [0.2, 0.25) is 0 Å². The van der Waals surface area contributed by atoms with E-state index in [1.807, 2.05) is 0 Å². The van der Waals surface area contributed by atoms with E-state index < -0.39 is 70.5 Å². The fraction of sp³-hybridized carbons (Fsp3) is 0.357. The van der Waals surface area contributed by atoms with E-state index in [4.69, 9.17) is 10.5 Å². The van der Waals surface area contributed by atoms with Gasteiger partial charge in [-0.1, -0.05) is 0 Å². The summed E-state index contributed by atoms with van der Waals surface area (Å²) < 4.78 is 106. The quantitative estimate of drug-likeness (QED) is 0.398. The zero-order valence-corrected chi connectivity index (χ0v) is 22.0. The Morgan fingerprint density at radius 1 is 0.952 bits per heavy atom. The molecule has 14 heteroatoms. The molecule has 0 aliphatic carbocycles. The summed E-state index contributed by atoms with van der Waals surface area (Å²) in [5.74, 6) is -8.14. The Balaban J connectivity index is 1.45. The molecule has 3 N–H and O–H groups in total. The lowest BCUT2D eigenvalue weighted by atomic mass is 9.93. The van der Waals surface area contributed by atoms with Gasteiger partial charge in [-0.05, 0) is 36.8 Å². The number of morpholine rings is 1. The first-order chi connectivity index (χ1) is 19.9. The Bertz CT molecular complexity index is 1460. The average Bonchev–Trinajstić information content (AvgIpc) is 2.94. The lowest BCUT2D eigenvalue weighted by Gasteiger charge is -2.39. The third kappa shape index (κ3) is 6.00. The second-order valence-corrected chi connectivity index (χ2v) is 10.2. The molecular weight excluding hydrogens is 571 g/mol. The van der Waals surface area contributed by atoms with Gasteiger partial charge in [0.05, 0.1) is 53.4 Å². The summed E-state index contributed by atoms with van der Waals surface area (Å²) in [5.41, 5.74) is 3.32. The number of alkyl halides is 3. The summed E-state index contributed by atoms with van der Waals surface area (Å²) >= 11 is 0. The average molecular weight is 598 g/mol. The van der Waals surface area contributed by atoms with Gasteiger partial charge in [0, 0.05) is 44.1 Å². The number of benzene rings is 2. The second-order valence-electron chi connectivity index (χ2n) is 10.2. The number of carbonyl (C=O) groups is 1. The highest BCUT2D eigenvalue weighted by Crippen LogP contribution is 2.38. The standard InChI is InChI=1S/C28H26F7N5O2/c29-19-2-1-18(26(32)25(19)24-20(30)10-17(11-21(24)31)39-5-7-42-8-6-39)27(41)38-22-12-37-4-3-23(22)40-13-15(28(33,34)35)9-16(36)14-40/h1-4,10-12,15-16H,5-9,13-14,36H2,(H,38,41)/t15-,16+/m1/s1. The van der Waals surface area contributed by atoms with E-state index in [-0.39, 0.29) is 30.0 Å². The number of hydrogen-bond acceptors (Lipinski definition) is 6. The molecule has 1 aromatic heterocycles. The van der Waals surface area contributed by atoms with Crippen LogP contribution in [0.1, 0.15) is 16.8 Å². The summed E-state index contributed by atoms with van der Waals surface area (Å²) in [7, 11) is 0. The topological polar surface area (TPSA) is 83.7 Å². The second kappa shape index (κ2) is 11.8. The van der Waals surface area contributed by atoms with E-state index in [2.05, 4.69) is 10.3 Å². The van der Waals surface area contributed by atoms with E-state index in [1.165, 1.54) is 17.2 Å². The van der Waals surface area contributed by atoms with E-state index in [0.29, 0.717) is 32.4 Å². The minimum atomic E-state index is -4.49. The van der Waals surface area contributed by atoms with Crippen molar-refractivity contribution in [3.8, 4) is 11.1 Å². The number of carbonyl (C=O) groups excluding carboxylic acids is 1. The number of rotatable bonds is 5. The Morgan fingerprint density at radius 2 is 1.64 bits per heavy atom. The smallest absolute Gasteiger partial charge is 0.378 e. The lowest BCUT2D eigenvalue weighted by Crippen LogP contribution is -2.51. The third-order valence-corrected chi connectivity index (χ3v) is 7.32. The Labute approximate surface area is 236 Å². The van der Waals surface area contributed by atoms with Gasteiger partial charge < -0.3 is 25.6 Å². The predicted octanol–water partition coefficient (Wildman–Crippen LogP) is 5.11.